The van der Waals surface area contributed by atoms with Crippen molar-refractivity contribution in [2.45, 2.75) is 6.92 Å². The van der Waals surface area contributed by atoms with E-state index in [1.165, 1.54) is 7.11 Å². The molecule has 1 aromatic heterocycles. The fraction of sp³-hybridized carbons (Fsp3) is 0.400. The van der Waals surface area contributed by atoms with Crippen LogP contribution in [0.2, 0.25) is 0 Å². The standard InChI is InChI=1S/C5H8N4OS/c1-3(8-10-2)4-7-5(6)11-9-4/h1-2H3,(H2,6,7,9)/b8-3+. The molecule has 1 aromatic rings. The van der Waals surface area contributed by atoms with Gasteiger partial charge in [0.25, 0.3) is 0 Å². The summed E-state index contributed by atoms with van der Waals surface area (Å²) in [6.45, 7) is 1.75. The SMILES string of the molecule is CO/N=C(\C)c1nsc(N)n1. The van der Waals surface area contributed by atoms with Crippen LogP contribution in [-0.4, -0.2) is 22.2 Å². The molecule has 0 unspecified atom stereocenters. The molecule has 6 heteroatoms. The maximum absolute atomic E-state index is 5.36. The van der Waals surface area contributed by atoms with Gasteiger partial charge in [-0.05, 0) is 6.92 Å². The maximum atomic E-state index is 5.36. The van der Waals surface area contributed by atoms with E-state index in [9.17, 15) is 0 Å². The van der Waals surface area contributed by atoms with Crippen molar-refractivity contribution in [2.24, 2.45) is 5.16 Å². The lowest BCUT2D eigenvalue weighted by Gasteiger charge is -1.89. The van der Waals surface area contributed by atoms with Crippen LogP contribution in [0.4, 0.5) is 5.13 Å². The van der Waals surface area contributed by atoms with E-state index in [-0.39, 0.29) is 0 Å². The first-order valence-electron chi connectivity index (χ1n) is 2.91. The Morgan fingerprint density at radius 3 is 2.91 bits per heavy atom. The van der Waals surface area contributed by atoms with E-state index < -0.39 is 0 Å². The lowest BCUT2D eigenvalue weighted by molar-refractivity contribution is 0.213. The van der Waals surface area contributed by atoms with Gasteiger partial charge in [-0.3, -0.25) is 0 Å². The fourth-order valence-electron chi connectivity index (χ4n) is 0.560. The van der Waals surface area contributed by atoms with E-state index >= 15 is 0 Å². The van der Waals surface area contributed by atoms with Crippen molar-refractivity contribution in [3.63, 3.8) is 0 Å². The third-order valence-electron chi connectivity index (χ3n) is 0.994. The third kappa shape index (κ3) is 1.87. The molecule has 0 aromatic carbocycles. The molecule has 2 N–H and O–H groups in total. The van der Waals surface area contributed by atoms with Crippen molar-refractivity contribution in [1.29, 1.82) is 0 Å². The average Bonchev–Trinajstić information content (AvgIpc) is 2.36. The molecular formula is C5H8N4OS. The lowest BCUT2D eigenvalue weighted by Crippen LogP contribution is -1.98. The van der Waals surface area contributed by atoms with Crippen molar-refractivity contribution in [2.75, 3.05) is 12.8 Å². The summed E-state index contributed by atoms with van der Waals surface area (Å²) in [7, 11) is 1.47. The summed E-state index contributed by atoms with van der Waals surface area (Å²) < 4.78 is 3.93. The van der Waals surface area contributed by atoms with Gasteiger partial charge in [-0.25, -0.2) is 0 Å². The Bertz CT molecular complexity index is 269. The van der Waals surface area contributed by atoms with Gasteiger partial charge in [0.15, 0.2) is 11.0 Å². The van der Waals surface area contributed by atoms with Gasteiger partial charge in [-0.1, -0.05) is 5.16 Å². The number of anilines is 1. The van der Waals surface area contributed by atoms with Crippen LogP contribution in [0.5, 0.6) is 0 Å². The molecule has 1 heterocycles. The van der Waals surface area contributed by atoms with Crippen LogP contribution in [0, 0.1) is 0 Å². The van der Waals surface area contributed by atoms with Crippen LogP contribution >= 0.6 is 11.5 Å². The Hall–Kier alpha value is -1.17. The summed E-state index contributed by atoms with van der Waals surface area (Å²) >= 11 is 1.14. The number of hydrogen-bond donors (Lipinski definition) is 1. The molecule has 0 saturated carbocycles. The molecular weight excluding hydrogens is 164 g/mol. The molecule has 60 valence electrons. The number of aromatic nitrogens is 2. The average molecular weight is 172 g/mol. The Kier molecular flexibility index (Phi) is 2.37. The zero-order valence-corrected chi connectivity index (χ0v) is 7.05. The zero-order valence-electron chi connectivity index (χ0n) is 6.24. The van der Waals surface area contributed by atoms with Crippen molar-refractivity contribution < 1.29 is 4.84 Å². The van der Waals surface area contributed by atoms with Gasteiger partial charge < -0.3 is 10.6 Å². The van der Waals surface area contributed by atoms with Crippen LogP contribution < -0.4 is 5.73 Å². The summed E-state index contributed by atoms with van der Waals surface area (Å²) in [5, 5.41) is 4.09. The second kappa shape index (κ2) is 3.29. The highest BCUT2D eigenvalue weighted by Gasteiger charge is 2.03. The number of rotatable bonds is 2. The molecule has 0 atom stereocenters. The molecule has 0 fully saturated rings. The predicted molar refractivity (Wildman–Crippen MR) is 43.5 cm³/mol. The predicted octanol–water partition coefficient (Wildman–Crippen LogP) is 0.491. The van der Waals surface area contributed by atoms with Gasteiger partial charge >= 0.3 is 0 Å². The van der Waals surface area contributed by atoms with Crippen molar-refractivity contribution in [1.82, 2.24) is 9.36 Å². The van der Waals surface area contributed by atoms with Crippen LogP contribution in [0.1, 0.15) is 12.7 Å². The van der Waals surface area contributed by atoms with Gasteiger partial charge in [0, 0.05) is 11.5 Å². The van der Waals surface area contributed by atoms with E-state index in [1.54, 1.807) is 6.92 Å². The molecule has 0 radical (unpaired) electrons. The molecule has 11 heavy (non-hydrogen) atoms. The molecule has 0 saturated heterocycles. The number of nitrogen functional groups attached to an aromatic ring is 1. The molecule has 0 amide bonds. The number of oxime groups is 1. The minimum Gasteiger partial charge on any atom is -0.399 e. The second-order valence-electron chi connectivity index (χ2n) is 1.82. The van der Waals surface area contributed by atoms with Gasteiger partial charge in [0.1, 0.15) is 12.8 Å². The van der Waals surface area contributed by atoms with Gasteiger partial charge in [0.05, 0.1) is 0 Å². The highest BCUT2D eigenvalue weighted by Crippen LogP contribution is 2.06. The second-order valence-corrected chi connectivity index (χ2v) is 2.60. The monoisotopic (exact) mass is 172 g/mol. The van der Waals surface area contributed by atoms with Crippen LogP contribution in [0.15, 0.2) is 5.16 Å². The largest absolute Gasteiger partial charge is 0.399 e. The van der Waals surface area contributed by atoms with E-state index in [0.717, 1.165) is 11.5 Å². The zero-order chi connectivity index (χ0) is 8.27. The third-order valence-corrected chi connectivity index (χ3v) is 1.54. The Balaban J connectivity index is 2.84. The number of nitrogens with two attached hydrogens (primary N) is 1. The Labute approximate surface area is 68.0 Å². The van der Waals surface area contributed by atoms with Crippen molar-refractivity contribution in [3.05, 3.63) is 5.82 Å². The van der Waals surface area contributed by atoms with Crippen LogP contribution in [0.3, 0.4) is 0 Å². The topological polar surface area (TPSA) is 73.4 Å². The van der Waals surface area contributed by atoms with Gasteiger partial charge in [-0.2, -0.15) is 9.36 Å². The van der Waals surface area contributed by atoms with E-state index in [4.69, 9.17) is 5.73 Å². The Morgan fingerprint density at radius 2 is 2.45 bits per heavy atom. The number of hydrogen-bond acceptors (Lipinski definition) is 6. The van der Waals surface area contributed by atoms with E-state index in [1.807, 2.05) is 0 Å². The summed E-state index contributed by atoms with van der Waals surface area (Å²) in [6, 6.07) is 0. The molecule has 0 aliphatic heterocycles. The quantitative estimate of drug-likeness (QED) is 0.520. The summed E-state index contributed by atoms with van der Waals surface area (Å²) in [6.07, 6.45) is 0. The first-order chi connectivity index (χ1) is 5.24. The van der Waals surface area contributed by atoms with E-state index in [2.05, 4.69) is 19.4 Å². The smallest absolute Gasteiger partial charge is 0.200 e. The maximum Gasteiger partial charge on any atom is 0.200 e. The molecule has 0 spiro atoms. The van der Waals surface area contributed by atoms with Crippen LogP contribution in [-0.2, 0) is 4.84 Å². The normalized spacial score (nSPS) is 11.6. The molecule has 0 aliphatic carbocycles. The highest BCUT2D eigenvalue weighted by atomic mass is 32.1. The summed E-state index contributed by atoms with van der Waals surface area (Å²) in [5.41, 5.74) is 5.99. The molecule has 0 bridgehead atoms. The van der Waals surface area contributed by atoms with Crippen molar-refractivity contribution >= 4 is 22.4 Å². The summed E-state index contributed by atoms with van der Waals surface area (Å²) in [4.78, 5) is 8.44. The van der Waals surface area contributed by atoms with Gasteiger partial charge in [0.2, 0.25) is 0 Å². The highest BCUT2D eigenvalue weighted by molar-refractivity contribution is 7.09. The van der Waals surface area contributed by atoms with Crippen molar-refractivity contribution in [3.8, 4) is 0 Å². The minimum atomic E-state index is 0.436. The first kappa shape index (κ1) is 7.93. The lowest BCUT2D eigenvalue weighted by atomic mass is 10.4. The first-order valence-corrected chi connectivity index (χ1v) is 3.68. The molecule has 5 nitrogen and oxygen atoms in total. The minimum absolute atomic E-state index is 0.436. The molecule has 0 aliphatic rings. The molecule has 1 rings (SSSR count). The number of nitrogens with zero attached hydrogens (tertiary/aromatic N) is 3. The Morgan fingerprint density at radius 1 is 1.73 bits per heavy atom. The van der Waals surface area contributed by atoms with Gasteiger partial charge in [-0.15, -0.1) is 0 Å². The fourth-order valence-corrected chi connectivity index (χ4v) is 1.04. The van der Waals surface area contributed by atoms with Crippen LogP contribution in [0.25, 0.3) is 0 Å². The summed E-state index contributed by atoms with van der Waals surface area (Å²) in [5.74, 6) is 0.523. The van der Waals surface area contributed by atoms with E-state index in [0.29, 0.717) is 16.7 Å².